The molecule has 2 heterocycles. The van der Waals surface area contributed by atoms with E-state index in [1.165, 1.54) is 0 Å². The van der Waals surface area contributed by atoms with E-state index in [1.807, 2.05) is 36.4 Å². The summed E-state index contributed by atoms with van der Waals surface area (Å²) in [6.45, 7) is 6.75. The van der Waals surface area contributed by atoms with Gasteiger partial charge in [-0.25, -0.2) is 4.99 Å². The first-order valence-corrected chi connectivity index (χ1v) is 9.76. The van der Waals surface area contributed by atoms with E-state index < -0.39 is 0 Å². The van der Waals surface area contributed by atoms with Crippen LogP contribution in [0, 0.1) is 0 Å². The van der Waals surface area contributed by atoms with Crippen LogP contribution in [-0.4, -0.2) is 56.8 Å². The summed E-state index contributed by atoms with van der Waals surface area (Å²) in [6, 6.07) is 11.7. The molecule has 1 fully saturated rings. The maximum atomic E-state index is 6.06. The Hall–Kier alpha value is -2.02. The van der Waals surface area contributed by atoms with Gasteiger partial charge in [-0.1, -0.05) is 23.7 Å². The van der Waals surface area contributed by atoms with Gasteiger partial charge in [0.2, 0.25) is 0 Å². The zero-order chi connectivity index (χ0) is 18.7. The summed E-state index contributed by atoms with van der Waals surface area (Å²) in [7, 11) is 0. The molecule has 146 valence electrons. The third kappa shape index (κ3) is 7.25. The van der Waals surface area contributed by atoms with Crippen LogP contribution < -0.4 is 10.6 Å². The van der Waals surface area contributed by atoms with Crippen LogP contribution in [0.25, 0.3) is 0 Å². The van der Waals surface area contributed by atoms with Crippen LogP contribution >= 0.6 is 11.6 Å². The van der Waals surface area contributed by atoms with E-state index in [2.05, 4.69) is 15.5 Å². The fourth-order valence-corrected chi connectivity index (χ4v) is 3.11. The Labute approximate surface area is 165 Å². The lowest BCUT2D eigenvalue weighted by atomic mass is 10.2. The number of morpholine rings is 1. The van der Waals surface area contributed by atoms with Crippen LogP contribution in [0.15, 0.2) is 52.1 Å². The van der Waals surface area contributed by atoms with E-state index in [1.54, 1.807) is 6.26 Å². The van der Waals surface area contributed by atoms with Crippen molar-refractivity contribution in [3.8, 4) is 0 Å². The van der Waals surface area contributed by atoms with E-state index in [-0.39, 0.29) is 0 Å². The Morgan fingerprint density at radius 3 is 2.74 bits per heavy atom. The van der Waals surface area contributed by atoms with Crippen molar-refractivity contribution in [2.75, 3.05) is 45.9 Å². The monoisotopic (exact) mass is 390 g/mol. The van der Waals surface area contributed by atoms with Gasteiger partial charge in [0, 0.05) is 44.2 Å². The Kier molecular flexibility index (Phi) is 8.02. The van der Waals surface area contributed by atoms with Gasteiger partial charge in [0.15, 0.2) is 5.96 Å². The number of aliphatic imine (C=N–C) groups is 1. The predicted molar refractivity (Wildman–Crippen MR) is 108 cm³/mol. The molecule has 0 saturated carbocycles. The summed E-state index contributed by atoms with van der Waals surface area (Å²) in [6.07, 6.45) is 2.51. The fraction of sp³-hybridized carbons (Fsp3) is 0.450. The molecule has 1 aliphatic rings. The number of benzene rings is 1. The Morgan fingerprint density at radius 2 is 1.96 bits per heavy atom. The molecule has 7 heteroatoms. The van der Waals surface area contributed by atoms with Gasteiger partial charge in [0.05, 0.1) is 26.0 Å². The van der Waals surface area contributed by atoms with Crippen LogP contribution in [0.5, 0.6) is 0 Å². The Morgan fingerprint density at radius 1 is 1.11 bits per heavy atom. The molecule has 0 atom stereocenters. The van der Waals surface area contributed by atoms with Gasteiger partial charge in [-0.15, -0.1) is 0 Å². The lowest BCUT2D eigenvalue weighted by molar-refractivity contribution is 0.0389. The number of furan rings is 1. The maximum absolute atomic E-state index is 6.06. The molecule has 0 amide bonds. The summed E-state index contributed by atoms with van der Waals surface area (Å²) < 4.78 is 10.8. The average molecular weight is 391 g/mol. The molecule has 1 saturated heterocycles. The number of hydrogen-bond donors (Lipinski definition) is 2. The highest BCUT2D eigenvalue weighted by Gasteiger charge is 2.09. The quantitative estimate of drug-likeness (QED) is 0.535. The van der Waals surface area contributed by atoms with Crippen molar-refractivity contribution in [2.45, 2.75) is 13.0 Å². The molecule has 0 unspecified atom stereocenters. The molecule has 1 aliphatic heterocycles. The largest absolute Gasteiger partial charge is 0.469 e. The highest BCUT2D eigenvalue weighted by Crippen LogP contribution is 2.11. The molecule has 0 bridgehead atoms. The molecule has 0 spiro atoms. The zero-order valence-electron chi connectivity index (χ0n) is 15.5. The van der Waals surface area contributed by atoms with Gasteiger partial charge in [-0.05, 0) is 29.8 Å². The molecule has 1 aromatic carbocycles. The summed E-state index contributed by atoms with van der Waals surface area (Å²) in [4.78, 5) is 7.10. The topological polar surface area (TPSA) is 62.0 Å². The molecule has 0 radical (unpaired) electrons. The normalized spacial score (nSPS) is 15.7. The SMILES string of the molecule is Clc1cccc(CN=C(NCCc2ccco2)NCCN2CCOCC2)c1. The molecule has 2 N–H and O–H groups in total. The second-order valence-electron chi connectivity index (χ2n) is 6.43. The van der Waals surface area contributed by atoms with Crippen molar-refractivity contribution in [3.05, 3.63) is 59.0 Å². The first-order chi connectivity index (χ1) is 13.3. The third-order valence-electron chi connectivity index (χ3n) is 4.38. The fourth-order valence-electron chi connectivity index (χ4n) is 2.90. The number of guanidine groups is 1. The van der Waals surface area contributed by atoms with Crippen LogP contribution in [0.2, 0.25) is 5.02 Å². The van der Waals surface area contributed by atoms with Crippen LogP contribution in [-0.2, 0) is 17.7 Å². The molecule has 3 rings (SSSR count). The summed E-state index contributed by atoms with van der Waals surface area (Å²) in [5, 5.41) is 7.54. The lowest BCUT2D eigenvalue weighted by Gasteiger charge is -2.26. The van der Waals surface area contributed by atoms with Crippen LogP contribution in [0.1, 0.15) is 11.3 Å². The van der Waals surface area contributed by atoms with Gasteiger partial charge < -0.3 is 19.8 Å². The molecular formula is C20H27ClN4O2. The van der Waals surface area contributed by atoms with Crippen LogP contribution in [0.4, 0.5) is 0 Å². The van der Waals surface area contributed by atoms with Gasteiger partial charge in [-0.2, -0.15) is 0 Å². The van der Waals surface area contributed by atoms with E-state index in [0.29, 0.717) is 6.54 Å². The summed E-state index contributed by atoms with van der Waals surface area (Å²) in [5.74, 6) is 1.76. The highest BCUT2D eigenvalue weighted by atomic mass is 35.5. The number of nitrogens with zero attached hydrogens (tertiary/aromatic N) is 2. The molecule has 2 aromatic rings. The summed E-state index contributed by atoms with van der Waals surface area (Å²) >= 11 is 6.06. The van der Waals surface area contributed by atoms with E-state index >= 15 is 0 Å². The molecule has 1 aromatic heterocycles. The van der Waals surface area contributed by atoms with Crippen molar-refractivity contribution in [1.29, 1.82) is 0 Å². The zero-order valence-corrected chi connectivity index (χ0v) is 16.3. The van der Waals surface area contributed by atoms with Gasteiger partial charge >= 0.3 is 0 Å². The van der Waals surface area contributed by atoms with Gasteiger partial charge in [0.1, 0.15) is 5.76 Å². The van der Waals surface area contributed by atoms with Crippen molar-refractivity contribution in [3.63, 3.8) is 0 Å². The lowest BCUT2D eigenvalue weighted by Crippen LogP contribution is -2.44. The number of nitrogens with one attached hydrogen (secondary N) is 2. The van der Waals surface area contributed by atoms with E-state index in [9.17, 15) is 0 Å². The number of rotatable bonds is 8. The maximum Gasteiger partial charge on any atom is 0.191 e. The molecule has 27 heavy (non-hydrogen) atoms. The highest BCUT2D eigenvalue weighted by molar-refractivity contribution is 6.30. The van der Waals surface area contributed by atoms with Gasteiger partial charge in [0.25, 0.3) is 0 Å². The van der Waals surface area contributed by atoms with E-state index in [4.69, 9.17) is 25.7 Å². The standard InChI is InChI=1S/C20H27ClN4O2/c21-18-4-1-3-17(15-18)16-24-20(22-7-6-19-5-2-12-27-19)23-8-9-25-10-13-26-14-11-25/h1-5,12,15H,6-11,13-14,16H2,(H2,22,23,24). The second kappa shape index (κ2) is 11.0. The van der Waals surface area contributed by atoms with Crippen molar-refractivity contribution in [1.82, 2.24) is 15.5 Å². The van der Waals surface area contributed by atoms with Crippen LogP contribution in [0.3, 0.4) is 0 Å². The first-order valence-electron chi connectivity index (χ1n) is 9.39. The minimum absolute atomic E-state index is 0.578. The number of halogens is 1. The molecular weight excluding hydrogens is 364 g/mol. The smallest absolute Gasteiger partial charge is 0.191 e. The van der Waals surface area contributed by atoms with E-state index in [0.717, 1.165) is 74.7 Å². The Balaban J connectivity index is 1.50. The average Bonchev–Trinajstić information content (AvgIpc) is 3.20. The van der Waals surface area contributed by atoms with Crippen molar-refractivity contribution >= 4 is 17.6 Å². The molecule has 0 aliphatic carbocycles. The third-order valence-corrected chi connectivity index (χ3v) is 4.61. The number of hydrogen-bond acceptors (Lipinski definition) is 4. The van der Waals surface area contributed by atoms with Crippen molar-refractivity contribution < 1.29 is 9.15 Å². The first kappa shape index (κ1) is 19.7. The van der Waals surface area contributed by atoms with Crippen molar-refractivity contribution in [2.24, 2.45) is 4.99 Å². The number of ether oxygens (including phenoxy) is 1. The Bertz CT molecular complexity index is 700. The minimum Gasteiger partial charge on any atom is -0.469 e. The minimum atomic E-state index is 0.578. The molecule has 6 nitrogen and oxygen atoms in total. The predicted octanol–water partition coefficient (Wildman–Crippen LogP) is 2.54. The summed E-state index contributed by atoms with van der Waals surface area (Å²) in [5.41, 5.74) is 1.09. The van der Waals surface area contributed by atoms with Gasteiger partial charge in [-0.3, -0.25) is 4.90 Å². The second-order valence-corrected chi connectivity index (χ2v) is 6.87.